The Labute approximate surface area is 141 Å². The third-order valence-electron chi connectivity index (χ3n) is 5.15. The van der Waals surface area contributed by atoms with Crippen LogP contribution < -0.4 is 0 Å². The first-order valence-corrected chi connectivity index (χ1v) is 8.72. The van der Waals surface area contributed by atoms with Crippen molar-refractivity contribution in [1.82, 2.24) is 15.0 Å². The van der Waals surface area contributed by atoms with Gasteiger partial charge in [-0.1, -0.05) is 0 Å². The Hall–Kier alpha value is -2.35. The molecule has 2 saturated carbocycles. The average molecular weight is 343 g/mol. The first-order valence-electron chi connectivity index (χ1n) is 7.84. The third-order valence-corrected chi connectivity index (χ3v) is 6.02. The van der Waals surface area contributed by atoms with Crippen LogP contribution in [-0.4, -0.2) is 39.1 Å². The van der Waals surface area contributed by atoms with Crippen molar-refractivity contribution in [2.24, 2.45) is 17.8 Å². The molecule has 0 radical (unpaired) electrons. The zero-order valence-electron chi connectivity index (χ0n) is 12.5. The van der Waals surface area contributed by atoms with E-state index in [9.17, 15) is 9.59 Å². The molecule has 2 aliphatic carbocycles. The molecule has 8 heteroatoms. The molecule has 3 fully saturated rings. The van der Waals surface area contributed by atoms with Crippen LogP contribution in [0.25, 0.3) is 10.7 Å². The second-order valence-electron chi connectivity index (χ2n) is 6.40. The lowest BCUT2D eigenvalue weighted by molar-refractivity contribution is -0.146. The van der Waals surface area contributed by atoms with Gasteiger partial charge in [0, 0.05) is 29.6 Å². The van der Waals surface area contributed by atoms with Crippen LogP contribution in [0.2, 0.25) is 0 Å². The summed E-state index contributed by atoms with van der Waals surface area (Å²) in [5, 5.41) is 2.28. The summed E-state index contributed by atoms with van der Waals surface area (Å²) in [6, 6.07) is 0. The first kappa shape index (κ1) is 14.0. The summed E-state index contributed by atoms with van der Waals surface area (Å²) >= 11 is 1.32. The molecule has 5 rings (SSSR count). The van der Waals surface area contributed by atoms with Gasteiger partial charge in [0.2, 0.25) is 0 Å². The van der Waals surface area contributed by atoms with Crippen LogP contribution in [0.15, 0.2) is 24.0 Å². The van der Waals surface area contributed by atoms with E-state index < -0.39 is 5.97 Å². The topological polar surface area (TPSA) is 91.3 Å². The Morgan fingerprint density at radius 3 is 3.08 bits per heavy atom. The van der Waals surface area contributed by atoms with Crippen molar-refractivity contribution in [2.45, 2.75) is 25.0 Å². The zero-order chi connectivity index (χ0) is 16.3. The third kappa shape index (κ3) is 1.99. The standard InChI is InChI=1S/C16H13N3O4S/c20-15-9-4-7-3-8(9)13(23-15)12(7)22-16(21)11-6-24-14(19-11)10-5-17-1-2-18-10/h1-2,5-9,12-13H,3-4H2/t7-,8+,9+,12-,13+/m1/s1. The molecule has 5 atom stereocenters. The zero-order valence-corrected chi connectivity index (χ0v) is 13.3. The lowest BCUT2D eigenvalue weighted by Crippen LogP contribution is -2.36. The van der Waals surface area contributed by atoms with Crippen LogP contribution in [-0.2, 0) is 14.3 Å². The summed E-state index contributed by atoms with van der Waals surface area (Å²) in [6.07, 6.45) is 5.81. The van der Waals surface area contributed by atoms with E-state index in [2.05, 4.69) is 15.0 Å². The number of carbonyl (C=O) groups is 2. The van der Waals surface area contributed by atoms with Crippen molar-refractivity contribution in [1.29, 1.82) is 0 Å². The molecule has 24 heavy (non-hydrogen) atoms. The molecule has 7 nitrogen and oxygen atoms in total. The Kier molecular flexibility index (Phi) is 2.97. The molecule has 0 unspecified atom stereocenters. The monoisotopic (exact) mass is 343 g/mol. The van der Waals surface area contributed by atoms with Crippen LogP contribution in [0.3, 0.4) is 0 Å². The largest absolute Gasteiger partial charge is 0.458 e. The van der Waals surface area contributed by atoms with Crippen LogP contribution in [0.4, 0.5) is 0 Å². The highest BCUT2D eigenvalue weighted by Crippen LogP contribution is 2.55. The van der Waals surface area contributed by atoms with Gasteiger partial charge in [-0.25, -0.2) is 9.78 Å². The Balaban J connectivity index is 1.33. The molecule has 3 aliphatic rings. The minimum atomic E-state index is -0.474. The summed E-state index contributed by atoms with van der Waals surface area (Å²) in [5.41, 5.74) is 0.873. The normalized spacial score (nSPS) is 32.8. The number of carbonyl (C=O) groups excluding carboxylic acids is 2. The fraction of sp³-hybridized carbons (Fsp3) is 0.438. The predicted molar refractivity (Wildman–Crippen MR) is 81.9 cm³/mol. The number of aromatic nitrogens is 3. The van der Waals surface area contributed by atoms with E-state index in [1.54, 1.807) is 24.0 Å². The summed E-state index contributed by atoms with van der Waals surface area (Å²) in [4.78, 5) is 36.7. The van der Waals surface area contributed by atoms with Crippen molar-refractivity contribution >= 4 is 23.3 Å². The number of hydrogen-bond acceptors (Lipinski definition) is 8. The lowest BCUT2D eigenvalue weighted by Gasteiger charge is -2.24. The highest BCUT2D eigenvalue weighted by Gasteiger charge is 2.63. The van der Waals surface area contributed by atoms with Gasteiger partial charge in [-0.15, -0.1) is 11.3 Å². The molecule has 122 valence electrons. The number of fused-ring (bicyclic) bond motifs is 1. The van der Waals surface area contributed by atoms with Gasteiger partial charge in [0.25, 0.3) is 0 Å². The van der Waals surface area contributed by atoms with E-state index in [-0.39, 0.29) is 41.6 Å². The van der Waals surface area contributed by atoms with Gasteiger partial charge in [0.1, 0.15) is 22.9 Å². The van der Waals surface area contributed by atoms with Crippen molar-refractivity contribution < 1.29 is 19.1 Å². The quantitative estimate of drug-likeness (QED) is 0.783. The fourth-order valence-electron chi connectivity index (χ4n) is 4.14. The Morgan fingerprint density at radius 2 is 2.25 bits per heavy atom. The molecule has 2 aromatic rings. The highest BCUT2D eigenvalue weighted by atomic mass is 32.1. The minimum absolute atomic E-state index is 0.0116. The van der Waals surface area contributed by atoms with Gasteiger partial charge >= 0.3 is 11.9 Å². The molecular formula is C16H13N3O4S. The van der Waals surface area contributed by atoms with Gasteiger partial charge in [-0.2, -0.15) is 0 Å². The van der Waals surface area contributed by atoms with Gasteiger partial charge in [-0.3, -0.25) is 14.8 Å². The molecule has 3 heterocycles. The van der Waals surface area contributed by atoms with Crippen LogP contribution >= 0.6 is 11.3 Å². The number of hydrogen-bond donors (Lipinski definition) is 0. The molecule has 0 amide bonds. The van der Waals surface area contributed by atoms with E-state index in [0.717, 1.165) is 12.8 Å². The average Bonchev–Trinajstić information content (AvgIpc) is 3.33. The molecule has 2 bridgehead atoms. The molecule has 1 aliphatic heterocycles. The number of rotatable bonds is 3. The number of ether oxygens (including phenoxy) is 2. The molecule has 1 saturated heterocycles. The lowest BCUT2D eigenvalue weighted by atomic mass is 9.88. The Bertz CT molecular complexity index is 824. The van der Waals surface area contributed by atoms with Gasteiger partial charge in [0.15, 0.2) is 5.69 Å². The maximum Gasteiger partial charge on any atom is 0.358 e. The molecule has 0 spiro atoms. The number of esters is 2. The van der Waals surface area contributed by atoms with E-state index in [1.165, 1.54) is 11.3 Å². The summed E-state index contributed by atoms with van der Waals surface area (Å²) in [6.45, 7) is 0. The van der Waals surface area contributed by atoms with E-state index in [0.29, 0.717) is 10.7 Å². The van der Waals surface area contributed by atoms with E-state index in [4.69, 9.17) is 9.47 Å². The molecule has 2 aromatic heterocycles. The summed E-state index contributed by atoms with van der Waals surface area (Å²) in [7, 11) is 0. The fourth-order valence-corrected chi connectivity index (χ4v) is 4.89. The first-order chi connectivity index (χ1) is 11.7. The maximum absolute atomic E-state index is 12.4. The molecule has 0 N–H and O–H groups in total. The molecule has 0 aromatic carbocycles. The maximum atomic E-state index is 12.4. The second-order valence-corrected chi connectivity index (χ2v) is 7.26. The van der Waals surface area contributed by atoms with Gasteiger partial charge < -0.3 is 9.47 Å². The molecular weight excluding hydrogens is 330 g/mol. The van der Waals surface area contributed by atoms with Crippen molar-refractivity contribution in [3.63, 3.8) is 0 Å². The number of thiazole rings is 1. The van der Waals surface area contributed by atoms with Crippen molar-refractivity contribution in [3.8, 4) is 10.7 Å². The minimum Gasteiger partial charge on any atom is -0.458 e. The van der Waals surface area contributed by atoms with Crippen LogP contribution in [0.5, 0.6) is 0 Å². The van der Waals surface area contributed by atoms with Crippen LogP contribution in [0.1, 0.15) is 23.3 Å². The van der Waals surface area contributed by atoms with Crippen LogP contribution in [0, 0.1) is 17.8 Å². The van der Waals surface area contributed by atoms with Crippen molar-refractivity contribution in [3.05, 3.63) is 29.7 Å². The number of nitrogens with zero attached hydrogens (tertiary/aromatic N) is 3. The van der Waals surface area contributed by atoms with E-state index in [1.807, 2.05) is 0 Å². The summed E-state index contributed by atoms with van der Waals surface area (Å²) < 4.78 is 11.1. The second kappa shape index (κ2) is 5.07. The highest BCUT2D eigenvalue weighted by molar-refractivity contribution is 7.13. The smallest absolute Gasteiger partial charge is 0.358 e. The Morgan fingerprint density at radius 1 is 1.33 bits per heavy atom. The summed E-state index contributed by atoms with van der Waals surface area (Å²) in [5.74, 6) is -0.162. The van der Waals surface area contributed by atoms with Crippen molar-refractivity contribution in [2.75, 3.05) is 0 Å². The van der Waals surface area contributed by atoms with Gasteiger partial charge in [0.05, 0.1) is 12.1 Å². The van der Waals surface area contributed by atoms with Gasteiger partial charge in [-0.05, 0) is 12.8 Å². The van der Waals surface area contributed by atoms with E-state index >= 15 is 0 Å². The predicted octanol–water partition coefficient (Wildman–Crippen LogP) is 1.71. The SMILES string of the molecule is O=C(O[C@@H]1[C@@H]2C[C@@H]3[C@@H]1OC(=O)[C@H]3C2)c1csc(-c2cnccn2)n1.